The standard InChI is InChI=1S/C17H20ClN3O3/c18-13-6-4-12(5-7-13)16-19-15(24-20-16)11-21-8-2-1-3-14(21)17-22-9-10-23-17/h4-7,14,17H,1-3,8-11H2. The summed E-state index contributed by atoms with van der Waals surface area (Å²) in [6.07, 6.45) is 3.30. The van der Waals surface area contributed by atoms with Gasteiger partial charge in [-0.05, 0) is 43.7 Å². The molecular formula is C17H20ClN3O3. The van der Waals surface area contributed by atoms with Gasteiger partial charge in [-0.2, -0.15) is 4.98 Å². The molecule has 0 saturated carbocycles. The third kappa shape index (κ3) is 3.47. The molecule has 0 amide bonds. The van der Waals surface area contributed by atoms with E-state index in [1.165, 1.54) is 12.8 Å². The third-order valence-corrected chi connectivity index (χ3v) is 4.79. The van der Waals surface area contributed by atoms with Crippen LogP contribution < -0.4 is 0 Å². The van der Waals surface area contributed by atoms with Gasteiger partial charge in [-0.3, -0.25) is 4.90 Å². The summed E-state index contributed by atoms with van der Waals surface area (Å²) < 4.78 is 16.9. The first kappa shape index (κ1) is 16.0. The molecule has 7 heteroatoms. The fraction of sp³-hybridized carbons (Fsp3) is 0.529. The Balaban J connectivity index is 1.46. The number of benzene rings is 1. The van der Waals surface area contributed by atoms with E-state index >= 15 is 0 Å². The van der Waals surface area contributed by atoms with Gasteiger partial charge < -0.3 is 14.0 Å². The molecule has 0 bridgehead atoms. The molecule has 2 aromatic rings. The van der Waals surface area contributed by atoms with Gasteiger partial charge in [0.15, 0.2) is 6.29 Å². The maximum atomic E-state index is 5.92. The molecule has 1 unspecified atom stereocenters. The predicted octanol–water partition coefficient (Wildman–Crippen LogP) is 3.12. The lowest BCUT2D eigenvalue weighted by Crippen LogP contribution is -2.46. The first-order valence-corrected chi connectivity index (χ1v) is 8.73. The molecule has 2 saturated heterocycles. The van der Waals surface area contributed by atoms with E-state index in [9.17, 15) is 0 Å². The summed E-state index contributed by atoms with van der Waals surface area (Å²) in [5, 5.41) is 4.78. The average molecular weight is 350 g/mol. The number of nitrogens with zero attached hydrogens (tertiary/aromatic N) is 3. The molecule has 3 heterocycles. The van der Waals surface area contributed by atoms with Crippen LogP contribution in [0.5, 0.6) is 0 Å². The van der Waals surface area contributed by atoms with E-state index in [1.54, 1.807) is 0 Å². The molecule has 0 radical (unpaired) electrons. The second-order valence-electron chi connectivity index (χ2n) is 6.16. The molecule has 0 N–H and O–H groups in total. The van der Waals surface area contributed by atoms with E-state index in [0.29, 0.717) is 36.5 Å². The summed E-state index contributed by atoms with van der Waals surface area (Å²) >= 11 is 5.92. The van der Waals surface area contributed by atoms with Crippen molar-refractivity contribution < 1.29 is 14.0 Å². The van der Waals surface area contributed by atoms with Crippen LogP contribution in [0.25, 0.3) is 11.4 Å². The molecule has 2 fully saturated rings. The Labute approximate surface area is 145 Å². The van der Waals surface area contributed by atoms with Crippen LogP contribution in [0.1, 0.15) is 25.2 Å². The summed E-state index contributed by atoms with van der Waals surface area (Å²) in [5.41, 5.74) is 0.895. The van der Waals surface area contributed by atoms with E-state index in [1.807, 2.05) is 24.3 Å². The van der Waals surface area contributed by atoms with Gasteiger partial charge in [-0.15, -0.1) is 0 Å². The summed E-state index contributed by atoms with van der Waals surface area (Å²) in [6.45, 7) is 2.97. The maximum absolute atomic E-state index is 5.92. The number of aromatic nitrogens is 2. The van der Waals surface area contributed by atoms with Gasteiger partial charge in [-0.25, -0.2) is 0 Å². The molecule has 1 aromatic carbocycles. The molecule has 1 aromatic heterocycles. The van der Waals surface area contributed by atoms with E-state index in [0.717, 1.165) is 18.5 Å². The largest absolute Gasteiger partial charge is 0.349 e. The zero-order chi connectivity index (χ0) is 16.4. The van der Waals surface area contributed by atoms with Crippen molar-refractivity contribution in [2.75, 3.05) is 19.8 Å². The van der Waals surface area contributed by atoms with Gasteiger partial charge in [0.1, 0.15) is 0 Å². The van der Waals surface area contributed by atoms with Crippen molar-refractivity contribution >= 4 is 11.6 Å². The second-order valence-corrected chi connectivity index (χ2v) is 6.60. The quantitative estimate of drug-likeness (QED) is 0.845. The molecule has 24 heavy (non-hydrogen) atoms. The van der Waals surface area contributed by atoms with Crippen LogP contribution in [-0.2, 0) is 16.0 Å². The first-order valence-electron chi connectivity index (χ1n) is 8.35. The van der Waals surface area contributed by atoms with Crippen LogP contribution in [0, 0.1) is 0 Å². The Morgan fingerprint density at radius 3 is 2.71 bits per heavy atom. The van der Waals surface area contributed by atoms with Crippen LogP contribution in [0.2, 0.25) is 5.02 Å². The lowest BCUT2D eigenvalue weighted by atomic mass is 10.0. The van der Waals surface area contributed by atoms with Crippen LogP contribution in [0.4, 0.5) is 0 Å². The zero-order valence-corrected chi connectivity index (χ0v) is 14.1. The van der Waals surface area contributed by atoms with Gasteiger partial charge in [0.2, 0.25) is 11.7 Å². The first-order chi connectivity index (χ1) is 11.8. The Morgan fingerprint density at radius 1 is 1.12 bits per heavy atom. The summed E-state index contributed by atoms with van der Waals surface area (Å²) in [5.74, 6) is 1.20. The molecule has 2 aliphatic heterocycles. The Hall–Kier alpha value is -1.47. The maximum Gasteiger partial charge on any atom is 0.241 e. The highest BCUT2D eigenvalue weighted by atomic mass is 35.5. The molecule has 0 aliphatic carbocycles. The van der Waals surface area contributed by atoms with Crippen LogP contribution in [0.15, 0.2) is 28.8 Å². The van der Waals surface area contributed by atoms with Crippen molar-refractivity contribution in [1.29, 1.82) is 0 Å². The highest BCUT2D eigenvalue weighted by Crippen LogP contribution is 2.26. The number of piperidine rings is 1. The summed E-state index contributed by atoms with van der Waals surface area (Å²) in [7, 11) is 0. The van der Waals surface area contributed by atoms with Gasteiger partial charge in [0.05, 0.1) is 25.8 Å². The van der Waals surface area contributed by atoms with Gasteiger partial charge >= 0.3 is 0 Å². The number of halogens is 1. The number of ether oxygens (including phenoxy) is 2. The molecule has 1 atom stereocenters. The molecular weight excluding hydrogens is 330 g/mol. The number of hydrogen-bond acceptors (Lipinski definition) is 6. The molecule has 2 aliphatic rings. The van der Waals surface area contributed by atoms with Crippen molar-refractivity contribution in [1.82, 2.24) is 15.0 Å². The Kier molecular flexibility index (Phi) is 4.80. The monoisotopic (exact) mass is 349 g/mol. The average Bonchev–Trinajstić information content (AvgIpc) is 3.28. The molecule has 4 rings (SSSR count). The fourth-order valence-corrected chi connectivity index (χ4v) is 3.46. The van der Waals surface area contributed by atoms with Gasteiger partial charge in [0.25, 0.3) is 0 Å². The number of rotatable bonds is 4. The number of hydrogen-bond donors (Lipinski definition) is 0. The van der Waals surface area contributed by atoms with Gasteiger partial charge in [0, 0.05) is 10.6 Å². The smallest absolute Gasteiger partial charge is 0.241 e. The lowest BCUT2D eigenvalue weighted by molar-refractivity contribution is -0.112. The van der Waals surface area contributed by atoms with E-state index in [-0.39, 0.29) is 12.3 Å². The molecule has 6 nitrogen and oxygen atoms in total. The minimum Gasteiger partial charge on any atom is -0.349 e. The van der Waals surface area contributed by atoms with Crippen LogP contribution in [0.3, 0.4) is 0 Å². The zero-order valence-electron chi connectivity index (χ0n) is 13.4. The van der Waals surface area contributed by atoms with Gasteiger partial charge in [-0.1, -0.05) is 23.2 Å². The van der Waals surface area contributed by atoms with Crippen molar-refractivity contribution in [2.45, 2.75) is 38.1 Å². The summed E-state index contributed by atoms with van der Waals surface area (Å²) in [6, 6.07) is 7.68. The third-order valence-electron chi connectivity index (χ3n) is 4.53. The van der Waals surface area contributed by atoms with Crippen LogP contribution in [-0.4, -0.2) is 47.1 Å². The van der Waals surface area contributed by atoms with E-state index < -0.39 is 0 Å². The van der Waals surface area contributed by atoms with E-state index in [2.05, 4.69) is 15.0 Å². The van der Waals surface area contributed by atoms with Crippen molar-refractivity contribution in [3.05, 3.63) is 35.2 Å². The minimum atomic E-state index is -0.135. The van der Waals surface area contributed by atoms with E-state index in [4.69, 9.17) is 25.6 Å². The molecule has 0 spiro atoms. The molecule has 128 valence electrons. The van der Waals surface area contributed by atoms with Crippen molar-refractivity contribution in [3.63, 3.8) is 0 Å². The predicted molar refractivity (Wildman–Crippen MR) is 88.5 cm³/mol. The highest BCUT2D eigenvalue weighted by molar-refractivity contribution is 6.30. The minimum absolute atomic E-state index is 0.135. The van der Waals surface area contributed by atoms with Crippen molar-refractivity contribution in [3.8, 4) is 11.4 Å². The van der Waals surface area contributed by atoms with Crippen LogP contribution >= 0.6 is 11.6 Å². The second kappa shape index (κ2) is 7.19. The topological polar surface area (TPSA) is 60.6 Å². The lowest BCUT2D eigenvalue weighted by Gasteiger charge is -2.36. The SMILES string of the molecule is Clc1ccc(-c2noc(CN3CCCCC3C3OCCO3)n2)cc1. The summed E-state index contributed by atoms with van der Waals surface area (Å²) in [4.78, 5) is 6.85. The number of likely N-dealkylation sites (tertiary alicyclic amines) is 1. The highest BCUT2D eigenvalue weighted by Gasteiger charge is 2.34. The normalized spacial score (nSPS) is 23.0. The fourth-order valence-electron chi connectivity index (χ4n) is 3.33. The Morgan fingerprint density at radius 2 is 1.92 bits per heavy atom. The Bertz CT molecular complexity index is 670. The van der Waals surface area contributed by atoms with Crippen molar-refractivity contribution in [2.24, 2.45) is 0 Å².